The number of alkyl halides is 3. The number of hydrogen-bond donors (Lipinski definition) is 0. The molecule has 1 amide bonds. The first-order chi connectivity index (χ1) is 13.7. The molecule has 1 aromatic carbocycles. The lowest BCUT2D eigenvalue weighted by Crippen LogP contribution is -2.38. The highest BCUT2D eigenvalue weighted by Crippen LogP contribution is 2.26. The molecule has 0 radical (unpaired) electrons. The van der Waals surface area contributed by atoms with E-state index in [0.717, 1.165) is 29.5 Å². The van der Waals surface area contributed by atoms with Crippen molar-refractivity contribution in [3.05, 3.63) is 40.9 Å². The van der Waals surface area contributed by atoms with Crippen LogP contribution in [-0.4, -0.2) is 49.5 Å². The Kier molecular flexibility index (Phi) is 4.52. The lowest BCUT2D eigenvalue weighted by atomic mass is 10.2. The summed E-state index contributed by atoms with van der Waals surface area (Å²) in [5, 5.41) is 0. The van der Waals surface area contributed by atoms with Crippen molar-refractivity contribution in [1.29, 1.82) is 0 Å². The number of amides is 1. The second kappa shape index (κ2) is 6.90. The number of carbonyl (C=O) groups is 1. The number of imidazole rings is 1. The summed E-state index contributed by atoms with van der Waals surface area (Å²) in [6.07, 6.45) is -1.63. The minimum Gasteiger partial charge on any atom is -0.406 e. The Morgan fingerprint density at radius 3 is 2.41 bits per heavy atom. The van der Waals surface area contributed by atoms with Crippen molar-refractivity contribution in [2.45, 2.75) is 19.2 Å². The van der Waals surface area contributed by atoms with Crippen molar-refractivity contribution in [2.24, 2.45) is 7.05 Å². The molecule has 0 spiro atoms. The fourth-order valence-electron chi connectivity index (χ4n) is 3.28. The quantitative estimate of drug-likeness (QED) is 0.653. The molecule has 1 aliphatic heterocycles. The van der Waals surface area contributed by atoms with Crippen molar-refractivity contribution in [3.8, 4) is 17.1 Å². The van der Waals surface area contributed by atoms with Gasteiger partial charge in [-0.3, -0.25) is 4.57 Å². The van der Waals surface area contributed by atoms with Gasteiger partial charge in [-0.2, -0.15) is 4.57 Å². The molecular formula is C18H16F3N5O3. The summed E-state index contributed by atoms with van der Waals surface area (Å²) >= 11 is 0. The van der Waals surface area contributed by atoms with Crippen LogP contribution in [-0.2, 0) is 7.05 Å². The maximum Gasteiger partial charge on any atom is 0.573 e. The summed E-state index contributed by atoms with van der Waals surface area (Å²) in [4.78, 5) is 35.5. The number of ether oxygens (including phenoxy) is 1. The van der Waals surface area contributed by atoms with Gasteiger partial charge in [0.2, 0.25) is 0 Å². The summed E-state index contributed by atoms with van der Waals surface area (Å²) in [5.74, 6) is -0.201. The summed E-state index contributed by atoms with van der Waals surface area (Å²) < 4.78 is 43.1. The van der Waals surface area contributed by atoms with Crippen LogP contribution in [0, 0.1) is 0 Å². The standard InChI is InChI=1S/C18H16F3N5O3/c1-24-13-10-22-14(11-4-6-12(7-5-11)29-18(19,20)21)23-15(13)26(16(24)27)17(28)25-8-2-3-9-25/h4-7,10H,2-3,8-9H2,1H3. The number of aromatic nitrogens is 4. The van der Waals surface area contributed by atoms with Gasteiger partial charge in [-0.05, 0) is 37.1 Å². The summed E-state index contributed by atoms with van der Waals surface area (Å²) in [7, 11) is 1.52. The van der Waals surface area contributed by atoms with Gasteiger partial charge in [0.25, 0.3) is 0 Å². The zero-order valence-electron chi connectivity index (χ0n) is 15.3. The zero-order chi connectivity index (χ0) is 20.8. The number of hydrogen-bond acceptors (Lipinski definition) is 5. The first kappa shape index (κ1) is 19.0. The average Bonchev–Trinajstić information content (AvgIpc) is 3.29. The van der Waals surface area contributed by atoms with Crippen LogP contribution in [0.5, 0.6) is 5.75 Å². The van der Waals surface area contributed by atoms with E-state index in [4.69, 9.17) is 0 Å². The molecule has 8 nitrogen and oxygen atoms in total. The monoisotopic (exact) mass is 407 g/mol. The van der Waals surface area contributed by atoms with Gasteiger partial charge < -0.3 is 9.64 Å². The molecule has 0 atom stereocenters. The third-order valence-corrected chi connectivity index (χ3v) is 4.72. The molecule has 1 saturated heterocycles. The van der Waals surface area contributed by atoms with Gasteiger partial charge in [-0.15, -0.1) is 13.2 Å². The van der Waals surface area contributed by atoms with Crippen molar-refractivity contribution < 1.29 is 22.7 Å². The second-order valence-corrected chi connectivity index (χ2v) is 6.63. The predicted octanol–water partition coefficient (Wildman–Crippen LogP) is 2.76. The largest absolute Gasteiger partial charge is 0.573 e. The number of halogens is 3. The molecule has 1 aliphatic rings. The third kappa shape index (κ3) is 3.55. The second-order valence-electron chi connectivity index (χ2n) is 6.63. The number of benzene rings is 1. The van der Waals surface area contributed by atoms with E-state index in [1.807, 2.05) is 0 Å². The van der Waals surface area contributed by atoms with Crippen LogP contribution in [0.2, 0.25) is 0 Å². The van der Waals surface area contributed by atoms with Gasteiger partial charge in [0.15, 0.2) is 11.5 Å². The average molecular weight is 407 g/mol. The molecule has 0 bridgehead atoms. The van der Waals surface area contributed by atoms with Crippen molar-refractivity contribution in [2.75, 3.05) is 13.1 Å². The summed E-state index contributed by atoms with van der Waals surface area (Å²) in [6, 6.07) is 4.58. The molecule has 0 aliphatic carbocycles. The van der Waals surface area contributed by atoms with E-state index in [2.05, 4.69) is 14.7 Å². The highest BCUT2D eigenvalue weighted by Gasteiger charge is 2.31. The maximum atomic E-state index is 12.8. The first-order valence-corrected chi connectivity index (χ1v) is 8.84. The van der Waals surface area contributed by atoms with Crippen molar-refractivity contribution >= 4 is 17.2 Å². The van der Waals surface area contributed by atoms with Gasteiger partial charge in [-0.1, -0.05) is 0 Å². The fraction of sp³-hybridized carbons (Fsp3) is 0.333. The minimum atomic E-state index is -4.78. The SMILES string of the molecule is Cn1c(=O)n(C(=O)N2CCCC2)c2nc(-c3ccc(OC(F)(F)F)cc3)ncc21. The zero-order valence-corrected chi connectivity index (χ0v) is 15.3. The molecule has 1 fully saturated rings. The summed E-state index contributed by atoms with van der Waals surface area (Å²) in [6.45, 7) is 1.14. The van der Waals surface area contributed by atoms with E-state index in [1.165, 1.54) is 29.9 Å². The first-order valence-electron chi connectivity index (χ1n) is 8.84. The molecule has 2 aromatic heterocycles. The topological polar surface area (TPSA) is 82.2 Å². The van der Waals surface area contributed by atoms with Crippen LogP contribution in [0.15, 0.2) is 35.3 Å². The van der Waals surface area contributed by atoms with Gasteiger partial charge >= 0.3 is 18.1 Å². The molecule has 0 unspecified atom stereocenters. The van der Waals surface area contributed by atoms with Crippen LogP contribution in [0.4, 0.5) is 18.0 Å². The van der Waals surface area contributed by atoms with Crippen LogP contribution >= 0.6 is 0 Å². The Morgan fingerprint density at radius 1 is 1.14 bits per heavy atom. The van der Waals surface area contributed by atoms with E-state index in [1.54, 1.807) is 4.90 Å². The van der Waals surface area contributed by atoms with Crippen molar-refractivity contribution in [1.82, 2.24) is 24.0 Å². The van der Waals surface area contributed by atoms with Crippen LogP contribution in [0.25, 0.3) is 22.6 Å². The normalized spacial score (nSPS) is 14.6. The van der Waals surface area contributed by atoms with Gasteiger partial charge in [0.05, 0.1) is 6.20 Å². The molecule has 4 rings (SSSR count). The molecule has 3 heterocycles. The number of likely N-dealkylation sites (tertiary alicyclic amines) is 1. The van der Waals surface area contributed by atoms with Crippen LogP contribution < -0.4 is 10.4 Å². The van der Waals surface area contributed by atoms with E-state index in [9.17, 15) is 22.8 Å². The number of rotatable bonds is 2. The van der Waals surface area contributed by atoms with E-state index >= 15 is 0 Å². The van der Waals surface area contributed by atoms with Crippen molar-refractivity contribution in [3.63, 3.8) is 0 Å². The number of carbonyl (C=O) groups excluding carboxylic acids is 1. The number of nitrogens with zero attached hydrogens (tertiary/aromatic N) is 5. The molecule has 3 aromatic rings. The van der Waals surface area contributed by atoms with Gasteiger partial charge in [-0.25, -0.2) is 19.6 Å². The summed E-state index contributed by atoms with van der Waals surface area (Å²) in [5.41, 5.74) is 0.411. The lowest BCUT2D eigenvalue weighted by Gasteiger charge is -2.14. The number of aryl methyl sites for hydroxylation is 1. The molecule has 11 heteroatoms. The van der Waals surface area contributed by atoms with E-state index in [-0.39, 0.29) is 17.2 Å². The molecule has 0 saturated carbocycles. The minimum absolute atomic E-state index is 0.148. The fourth-order valence-corrected chi connectivity index (χ4v) is 3.28. The van der Waals surface area contributed by atoms with Crippen LogP contribution in [0.1, 0.15) is 12.8 Å². The predicted molar refractivity (Wildman–Crippen MR) is 96.5 cm³/mol. The lowest BCUT2D eigenvalue weighted by molar-refractivity contribution is -0.274. The molecular weight excluding hydrogens is 391 g/mol. The molecule has 152 valence electrons. The Balaban J connectivity index is 1.75. The van der Waals surface area contributed by atoms with E-state index < -0.39 is 18.1 Å². The Bertz CT molecular complexity index is 1130. The Labute approximate surface area is 162 Å². The van der Waals surface area contributed by atoms with Crippen LogP contribution in [0.3, 0.4) is 0 Å². The highest BCUT2D eigenvalue weighted by molar-refractivity contribution is 5.87. The van der Waals surface area contributed by atoms with Gasteiger partial charge in [0, 0.05) is 25.7 Å². The third-order valence-electron chi connectivity index (χ3n) is 4.72. The number of fused-ring (bicyclic) bond motifs is 1. The Morgan fingerprint density at radius 2 is 1.79 bits per heavy atom. The van der Waals surface area contributed by atoms with E-state index in [0.29, 0.717) is 24.2 Å². The van der Waals surface area contributed by atoms with Gasteiger partial charge in [0.1, 0.15) is 11.3 Å². The maximum absolute atomic E-state index is 12.8. The molecule has 29 heavy (non-hydrogen) atoms. The molecule has 0 N–H and O–H groups in total. The smallest absolute Gasteiger partial charge is 0.406 e. The highest BCUT2D eigenvalue weighted by atomic mass is 19.4. The Hall–Kier alpha value is -3.37.